The topological polar surface area (TPSA) is 57.8 Å². The number of amides is 1. The van der Waals surface area contributed by atoms with Gasteiger partial charge in [-0.1, -0.05) is 89.1 Å². The number of carbonyl (C=O) groups is 1. The molecule has 4 aromatic rings. The molecule has 0 radical (unpaired) electrons. The molecule has 0 saturated carbocycles. The first kappa shape index (κ1) is 22.2. The van der Waals surface area contributed by atoms with Crippen LogP contribution in [0.2, 0.25) is 5.02 Å². The van der Waals surface area contributed by atoms with Gasteiger partial charge in [-0.2, -0.15) is 0 Å². The van der Waals surface area contributed by atoms with Crippen molar-refractivity contribution in [1.29, 1.82) is 0 Å². The van der Waals surface area contributed by atoms with Crippen molar-refractivity contribution in [3.05, 3.63) is 88.9 Å². The minimum atomic E-state index is -0.350. The van der Waals surface area contributed by atoms with Crippen LogP contribution in [-0.2, 0) is 4.79 Å². The lowest BCUT2D eigenvalue weighted by molar-refractivity contribution is -0.115. The number of nitrogens with one attached hydrogen (secondary N) is 2. The van der Waals surface area contributed by atoms with Gasteiger partial charge in [0.05, 0.1) is 16.6 Å². The van der Waals surface area contributed by atoms with Gasteiger partial charge in [0.2, 0.25) is 5.91 Å². The maximum absolute atomic E-state index is 12.7. The molecule has 162 valence electrons. The Hall–Kier alpha value is -3.02. The Kier molecular flexibility index (Phi) is 6.68. The zero-order valence-corrected chi connectivity index (χ0v) is 19.7. The van der Waals surface area contributed by atoms with E-state index in [1.54, 1.807) is 12.1 Å². The Bertz CT molecular complexity index is 1170. The van der Waals surface area contributed by atoms with E-state index in [1.165, 1.54) is 22.9 Å². The molecule has 0 bridgehead atoms. The molecule has 1 heterocycles. The summed E-state index contributed by atoms with van der Waals surface area (Å²) in [5, 5.41) is 3.85. The number of halogens is 1. The SMILES string of the molecule is Cc1ccc(-c2nc(SC(C)C(=O)Nc3cccc(Cl)c3)[nH]c2-c2ccc(C)cc2)cc1. The van der Waals surface area contributed by atoms with Crippen LogP contribution < -0.4 is 5.32 Å². The molecule has 3 aromatic carbocycles. The Balaban J connectivity index is 1.61. The number of rotatable bonds is 6. The van der Waals surface area contributed by atoms with E-state index < -0.39 is 0 Å². The summed E-state index contributed by atoms with van der Waals surface area (Å²) in [5.74, 6) is -0.109. The van der Waals surface area contributed by atoms with Gasteiger partial charge < -0.3 is 10.3 Å². The third-order valence-electron chi connectivity index (χ3n) is 5.10. The van der Waals surface area contributed by atoms with Crippen molar-refractivity contribution in [1.82, 2.24) is 9.97 Å². The van der Waals surface area contributed by atoms with Crippen LogP contribution in [0.5, 0.6) is 0 Å². The third-order valence-corrected chi connectivity index (χ3v) is 6.32. The summed E-state index contributed by atoms with van der Waals surface area (Å²) in [6, 6.07) is 23.8. The van der Waals surface area contributed by atoms with E-state index in [0.717, 1.165) is 22.5 Å². The van der Waals surface area contributed by atoms with Crippen molar-refractivity contribution in [2.75, 3.05) is 5.32 Å². The molecule has 1 atom stereocenters. The number of aromatic amines is 1. The third kappa shape index (κ3) is 5.23. The lowest BCUT2D eigenvalue weighted by Crippen LogP contribution is -2.22. The molecule has 0 aliphatic heterocycles. The fraction of sp³-hybridized carbons (Fsp3) is 0.154. The molecule has 4 nitrogen and oxygen atoms in total. The summed E-state index contributed by atoms with van der Waals surface area (Å²) in [6.45, 7) is 6.00. The minimum Gasteiger partial charge on any atom is -0.332 e. The van der Waals surface area contributed by atoms with Crippen molar-refractivity contribution < 1.29 is 4.79 Å². The fourth-order valence-corrected chi connectivity index (χ4v) is 4.28. The molecule has 2 N–H and O–H groups in total. The van der Waals surface area contributed by atoms with Crippen LogP contribution in [0.15, 0.2) is 78.0 Å². The maximum atomic E-state index is 12.7. The van der Waals surface area contributed by atoms with Crippen LogP contribution in [-0.4, -0.2) is 21.1 Å². The molecule has 0 fully saturated rings. The summed E-state index contributed by atoms with van der Waals surface area (Å²) < 4.78 is 0. The highest BCUT2D eigenvalue weighted by atomic mass is 35.5. The number of imidazole rings is 1. The average molecular weight is 462 g/mol. The summed E-state index contributed by atoms with van der Waals surface area (Å²) >= 11 is 7.42. The largest absolute Gasteiger partial charge is 0.332 e. The van der Waals surface area contributed by atoms with Gasteiger partial charge in [0.1, 0.15) is 0 Å². The number of hydrogen-bond donors (Lipinski definition) is 2. The lowest BCUT2D eigenvalue weighted by atomic mass is 10.0. The number of carbonyl (C=O) groups excluding carboxylic acids is 1. The predicted octanol–water partition coefficient (Wildman–Crippen LogP) is 7.13. The highest BCUT2D eigenvalue weighted by Crippen LogP contribution is 2.34. The van der Waals surface area contributed by atoms with Gasteiger partial charge in [0, 0.05) is 21.8 Å². The molecule has 0 saturated heterocycles. The average Bonchev–Trinajstić information content (AvgIpc) is 3.18. The van der Waals surface area contributed by atoms with Gasteiger partial charge in [-0.15, -0.1) is 0 Å². The van der Waals surface area contributed by atoms with E-state index in [1.807, 2.05) is 19.1 Å². The second-order valence-corrected chi connectivity index (χ2v) is 9.52. The molecule has 0 aliphatic carbocycles. The smallest absolute Gasteiger partial charge is 0.237 e. The standard InChI is InChI=1S/C26H24ClN3OS/c1-16-7-11-19(12-8-16)23-24(20-13-9-17(2)10-14-20)30-26(29-23)32-18(3)25(31)28-22-6-4-5-21(27)15-22/h4-15,18H,1-3H3,(H,28,31)(H,29,30). The molecular weight excluding hydrogens is 438 g/mol. The second kappa shape index (κ2) is 9.63. The van der Waals surface area contributed by atoms with Crippen molar-refractivity contribution in [3.63, 3.8) is 0 Å². The van der Waals surface area contributed by atoms with Gasteiger partial charge >= 0.3 is 0 Å². The number of aryl methyl sites for hydroxylation is 2. The monoisotopic (exact) mass is 461 g/mol. The quantitative estimate of drug-likeness (QED) is 0.300. The number of H-pyrrole nitrogens is 1. The van der Waals surface area contributed by atoms with E-state index in [0.29, 0.717) is 15.9 Å². The van der Waals surface area contributed by atoms with E-state index in [2.05, 4.69) is 72.7 Å². The molecule has 1 unspecified atom stereocenters. The van der Waals surface area contributed by atoms with E-state index in [-0.39, 0.29) is 11.2 Å². The maximum Gasteiger partial charge on any atom is 0.237 e. The van der Waals surface area contributed by atoms with E-state index in [9.17, 15) is 4.79 Å². The first-order chi connectivity index (χ1) is 15.4. The van der Waals surface area contributed by atoms with Crippen molar-refractivity contribution in [3.8, 4) is 22.5 Å². The molecule has 6 heteroatoms. The Morgan fingerprint density at radius 3 is 2.22 bits per heavy atom. The van der Waals surface area contributed by atoms with E-state index >= 15 is 0 Å². The Morgan fingerprint density at radius 2 is 1.59 bits per heavy atom. The van der Waals surface area contributed by atoms with Crippen LogP contribution in [0.1, 0.15) is 18.1 Å². The number of thioether (sulfide) groups is 1. The lowest BCUT2D eigenvalue weighted by Gasteiger charge is -2.10. The number of benzene rings is 3. The molecule has 1 aromatic heterocycles. The van der Waals surface area contributed by atoms with Gasteiger partial charge in [-0.05, 0) is 39.0 Å². The zero-order valence-electron chi connectivity index (χ0n) is 18.1. The Labute approximate surface area is 197 Å². The van der Waals surface area contributed by atoms with Gasteiger partial charge in [0.15, 0.2) is 5.16 Å². The zero-order chi connectivity index (χ0) is 22.7. The molecule has 0 spiro atoms. The molecular formula is C26H24ClN3OS. The number of hydrogen-bond acceptors (Lipinski definition) is 3. The van der Waals surface area contributed by atoms with Crippen LogP contribution >= 0.6 is 23.4 Å². The van der Waals surface area contributed by atoms with Crippen molar-refractivity contribution in [2.24, 2.45) is 0 Å². The fourth-order valence-electron chi connectivity index (χ4n) is 3.29. The van der Waals surface area contributed by atoms with E-state index in [4.69, 9.17) is 16.6 Å². The summed E-state index contributed by atoms with van der Waals surface area (Å²) in [4.78, 5) is 21.0. The summed E-state index contributed by atoms with van der Waals surface area (Å²) in [7, 11) is 0. The number of anilines is 1. The number of nitrogens with zero attached hydrogens (tertiary/aromatic N) is 1. The number of aromatic nitrogens is 2. The van der Waals surface area contributed by atoms with Crippen molar-refractivity contribution in [2.45, 2.75) is 31.2 Å². The second-order valence-electron chi connectivity index (χ2n) is 7.76. The summed E-state index contributed by atoms with van der Waals surface area (Å²) in [6.07, 6.45) is 0. The van der Waals surface area contributed by atoms with Crippen LogP contribution in [0.4, 0.5) is 5.69 Å². The van der Waals surface area contributed by atoms with Gasteiger partial charge in [-0.25, -0.2) is 4.98 Å². The molecule has 4 rings (SSSR count). The summed E-state index contributed by atoms with van der Waals surface area (Å²) in [5.41, 5.74) is 6.98. The normalized spacial score (nSPS) is 11.9. The van der Waals surface area contributed by atoms with Gasteiger partial charge in [0.25, 0.3) is 0 Å². The molecule has 0 aliphatic rings. The first-order valence-corrected chi connectivity index (χ1v) is 11.6. The van der Waals surface area contributed by atoms with Gasteiger partial charge in [-0.3, -0.25) is 4.79 Å². The van der Waals surface area contributed by atoms with Crippen LogP contribution in [0.3, 0.4) is 0 Å². The minimum absolute atomic E-state index is 0.109. The van der Waals surface area contributed by atoms with Crippen molar-refractivity contribution >= 4 is 35.0 Å². The predicted molar refractivity (Wildman–Crippen MR) is 134 cm³/mol. The highest BCUT2D eigenvalue weighted by Gasteiger charge is 2.20. The molecule has 32 heavy (non-hydrogen) atoms. The molecule has 1 amide bonds. The van der Waals surface area contributed by atoms with Crippen LogP contribution in [0.25, 0.3) is 22.5 Å². The Morgan fingerprint density at radius 1 is 0.969 bits per heavy atom. The highest BCUT2D eigenvalue weighted by molar-refractivity contribution is 8.00. The van der Waals surface area contributed by atoms with Crippen LogP contribution in [0, 0.1) is 13.8 Å². The first-order valence-electron chi connectivity index (χ1n) is 10.4.